The summed E-state index contributed by atoms with van der Waals surface area (Å²) in [6, 6.07) is 0. The Morgan fingerprint density at radius 1 is 0.337 bits per heavy atom. The van der Waals surface area contributed by atoms with Gasteiger partial charge in [0.15, 0.2) is 12.2 Å². The largest absolute Gasteiger partial charge is 0.472 e. The molecule has 0 fully saturated rings. The van der Waals surface area contributed by atoms with Crippen LogP contribution in [0.3, 0.4) is 0 Å². The molecule has 0 rings (SSSR count). The lowest BCUT2D eigenvalue weighted by atomic mass is 9.99. The highest BCUT2D eigenvalue weighted by molar-refractivity contribution is 7.47. The van der Waals surface area contributed by atoms with Crippen molar-refractivity contribution in [3.05, 3.63) is 0 Å². The minimum atomic E-state index is -4.95. The molecule has 0 saturated heterocycles. The standard InChI is InChI=1S/C67H130O17P2/c1-7-10-12-14-15-16-17-18-19-20-21-22-27-33-39-45-51-66(71)84-63(56-78-65(70)50-44-38-32-26-24-23-25-31-37-42-48-60(6)9-3)58-82-86(75,76)80-54-61(68)53-79-85(73,74)81-57-62(55-77-64(69)49-43-35-13-11-8-2)83-67(72)52-46-40-34-29-28-30-36-41-47-59(4)5/h59-63,68H,7-58H2,1-6H3,(H,73,74)(H,75,76)/t60?,61-,62+,63+/m0/s1. The zero-order chi connectivity index (χ0) is 63.6. The maximum absolute atomic E-state index is 13.0. The van der Waals surface area contributed by atoms with E-state index in [1.807, 2.05) is 0 Å². The summed E-state index contributed by atoms with van der Waals surface area (Å²) in [4.78, 5) is 72.1. The fourth-order valence-electron chi connectivity index (χ4n) is 10.0. The number of hydrogen-bond acceptors (Lipinski definition) is 15. The van der Waals surface area contributed by atoms with Gasteiger partial charge in [0.1, 0.15) is 19.3 Å². The van der Waals surface area contributed by atoms with E-state index in [1.54, 1.807) is 0 Å². The van der Waals surface area contributed by atoms with Crippen molar-refractivity contribution in [2.45, 2.75) is 355 Å². The molecule has 0 aromatic heterocycles. The molecule has 86 heavy (non-hydrogen) atoms. The van der Waals surface area contributed by atoms with Crippen molar-refractivity contribution >= 4 is 39.5 Å². The van der Waals surface area contributed by atoms with Gasteiger partial charge in [0.05, 0.1) is 26.4 Å². The van der Waals surface area contributed by atoms with Gasteiger partial charge in [-0.3, -0.25) is 37.3 Å². The van der Waals surface area contributed by atoms with E-state index < -0.39 is 97.5 Å². The molecular weight excluding hydrogens is 1140 g/mol. The SMILES string of the molecule is CCCCCCCCCCCCCCCCCCC(=O)O[C@H](COC(=O)CCCCCCCCCCCCC(C)CC)COP(=O)(O)OC[C@@H](O)COP(=O)(O)OC[C@@H](COC(=O)CCCCCCC)OC(=O)CCCCCCCCCCC(C)C. The molecule has 0 radical (unpaired) electrons. The maximum Gasteiger partial charge on any atom is 0.472 e. The first-order valence-corrected chi connectivity index (χ1v) is 38.0. The van der Waals surface area contributed by atoms with E-state index >= 15 is 0 Å². The predicted octanol–water partition coefficient (Wildman–Crippen LogP) is 18.8. The average molecular weight is 1270 g/mol. The summed E-state index contributed by atoms with van der Waals surface area (Å²) in [5.41, 5.74) is 0. The summed E-state index contributed by atoms with van der Waals surface area (Å²) in [6.07, 6.45) is 43.4. The Morgan fingerprint density at radius 2 is 0.593 bits per heavy atom. The highest BCUT2D eigenvalue weighted by atomic mass is 31.2. The smallest absolute Gasteiger partial charge is 0.462 e. The number of carbonyl (C=O) groups excluding carboxylic acids is 4. The zero-order valence-electron chi connectivity index (χ0n) is 55.6. The fourth-order valence-corrected chi connectivity index (χ4v) is 11.6. The van der Waals surface area contributed by atoms with Crippen molar-refractivity contribution < 1.29 is 80.2 Å². The molecule has 0 bridgehead atoms. The van der Waals surface area contributed by atoms with Crippen LogP contribution in [0, 0.1) is 11.8 Å². The van der Waals surface area contributed by atoms with Gasteiger partial charge in [0.2, 0.25) is 0 Å². The molecule has 0 aliphatic rings. The predicted molar refractivity (Wildman–Crippen MR) is 345 cm³/mol. The molecule has 0 aliphatic heterocycles. The monoisotopic (exact) mass is 1270 g/mol. The number of aliphatic hydroxyl groups is 1. The second kappa shape index (κ2) is 59.4. The molecule has 19 heteroatoms. The van der Waals surface area contributed by atoms with E-state index in [4.69, 9.17) is 37.0 Å². The lowest BCUT2D eigenvalue weighted by Crippen LogP contribution is -2.30. The molecule has 0 heterocycles. The van der Waals surface area contributed by atoms with E-state index in [0.717, 1.165) is 108 Å². The summed E-state index contributed by atoms with van der Waals surface area (Å²) < 4.78 is 68.0. The topological polar surface area (TPSA) is 237 Å². The van der Waals surface area contributed by atoms with Crippen LogP contribution in [0.15, 0.2) is 0 Å². The number of ether oxygens (including phenoxy) is 4. The Bertz CT molecular complexity index is 1690. The average Bonchev–Trinajstić information content (AvgIpc) is 3.64. The molecule has 0 aliphatic carbocycles. The number of carbonyl (C=O) groups is 4. The van der Waals surface area contributed by atoms with Gasteiger partial charge in [0, 0.05) is 25.7 Å². The summed E-state index contributed by atoms with van der Waals surface area (Å²) in [7, 11) is -9.89. The van der Waals surface area contributed by atoms with Crippen LogP contribution in [0.1, 0.15) is 337 Å². The van der Waals surface area contributed by atoms with Crippen molar-refractivity contribution in [1.29, 1.82) is 0 Å². The summed E-state index contributed by atoms with van der Waals surface area (Å²) in [6.45, 7) is 9.42. The maximum atomic E-state index is 13.0. The van der Waals surface area contributed by atoms with Crippen LogP contribution >= 0.6 is 15.6 Å². The lowest BCUT2D eigenvalue weighted by molar-refractivity contribution is -0.161. The third-order valence-corrected chi connectivity index (χ3v) is 17.7. The number of unbranched alkanes of at least 4 members (excludes halogenated alkanes) is 35. The molecule has 0 spiro atoms. The highest BCUT2D eigenvalue weighted by Crippen LogP contribution is 2.45. The van der Waals surface area contributed by atoms with Gasteiger partial charge < -0.3 is 33.8 Å². The minimum absolute atomic E-state index is 0.103. The van der Waals surface area contributed by atoms with Gasteiger partial charge in [0.25, 0.3) is 0 Å². The van der Waals surface area contributed by atoms with Crippen LogP contribution in [0.5, 0.6) is 0 Å². The van der Waals surface area contributed by atoms with E-state index in [2.05, 4.69) is 41.5 Å². The first-order valence-electron chi connectivity index (χ1n) is 35.0. The number of phosphoric ester groups is 2. The Morgan fingerprint density at radius 3 is 0.884 bits per heavy atom. The second-order valence-corrected chi connectivity index (χ2v) is 27.8. The molecule has 0 amide bonds. The molecule has 510 valence electrons. The number of hydrogen-bond donors (Lipinski definition) is 3. The molecule has 0 aromatic carbocycles. The number of phosphoric acid groups is 2. The minimum Gasteiger partial charge on any atom is -0.462 e. The molecule has 3 N–H and O–H groups in total. The number of rotatable bonds is 66. The van der Waals surface area contributed by atoms with E-state index in [-0.39, 0.29) is 25.7 Å². The van der Waals surface area contributed by atoms with Crippen LogP contribution in [-0.2, 0) is 65.4 Å². The van der Waals surface area contributed by atoms with Crippen LogP contribution in [0.4, 0.5) is 0 Å². The number of esters is 4. The van der Waals surface area contributed by atoms with Crippen LogP contribution in [-0.4, -0.2) is 96.7 Å². The molecule has 0 aromatic rings. The van der Waals surface area contributed by atoms with E-state index in [1.165, 1.54) is 148 Å². The number of aliphatic hydroxyl groups excluding tert-OH is 1. The van der Waals surface area contributed by atoms with Crippen LogP contribution < -0.4 is 0 Å². The highest BCUT2D eigenvalue weighted by Gasteiger charge is 2.30. The van der Waals surface area contributed by atoms with Crippen molar-refractivity contribution in [1.82, 2.24) is 0 Å². The third kappa shape index (κ3) is 59.7. The molecule has 0 saturated carbocycles. The van der Waals surface area contributed by atoms with Crippen molar-refractivity contribution in [3.63, 3.8) is 0 Å². The van der Waals surface area contributed by atoms with Gasteiger partial charge in [-0.25, -0.2) is 9.13 Å². The van der Waals surface area contributed by atoms with E-state index in [9.17, 15) is 43.2 Å². The summed E-state index contributed by atoms with van der Waals surface area (Å²) >= 11 is 0. The fraction of sp³-hybridized carbons (Fsp3) is 0.940. The Hall–Kier alpha value is -1.94. The molecule has 17 nitrogen and oxygen atoms in total. The van der Waals surface area contributed by atoms with Gasteiger partial charge in [-0.15, -0.1) is 0 Å². The van der Waals surface area contributed by atoms with Gasteiger partial charge >= 0.3 is 39.5 Å². The quantitative estimate of drug-likeness (QED) is 0.0222. The Labute approximate surface area is 524 Å². The molecule has 6 atom stereocenters. The zero-order valence-corrected chi connectivity index (χ0v) is 57.4. The normalized spacial score (nSPS) is 14.5. The summed E-state index contributed by atoms with van der Waals surface area (Å²) in [5, 5.41) is 10.5. The lowest BCUT2D eigenvalue weighted by Gasteiger charge is -2.21. The Balaban J connectivity index is 5.18. The molecule has 3 unspecified atom stereocenters. The van der Waals surface area contributed by atoms with E-state index in [0.29, 0.717) is 25.7 Å². The first kappa shape index (κ1) is 84.1. The van der Waals surface area contributed by atoms with Gasteiger partial charge in [-0.2, -0.15) is 0 Å². The van der Waals surface area contributed by atoms with Crippen LogP contribution in [0.25, 0.3) is 0 Å². The van der Waals surface area contributed by atoms with Crippen LogP contribution in [0.2, 0.25) is 0 Å². The van der Waals surface area contributed by atoms with Gasteiger partial charge in [-0.1, -0.05) is 286 Å². The summed E-state index contributed by atoms with van der Waals surface area (Å²) in [5.74, 6) is -0.612. The van der Waals surface area contributed by atoms with Crippen molar-refractivity contribution in [2.24, 2.45) is 11.8 Å². The van der Waals surface area contributed by atoms with Crippen molar-refractivity contribution in [2.75, 3.05) is 39.6 Å². The van der Waals surface area contributed by atoms with Crippen molar-refractivity contribution in [3.8, 4) is 0 Å². The third-order valence-electron chi connectivity index (χ3n) is 15.8. The second-order valence-electron chi connectivity index (χ2n) is 24.9. The Kier molecular flexibility index (Phi) is 58.0. The van der Waals surface area contributed by atoms with Gasteiger partial charge in [-0.05, 0) is 37.5 Å². The first-order chi connectivity index (χ1) is 41.4. The molecular formula is C67H130O17P2.